The molecule has 14 heteroatoms. The van der Waals surface area contributed by atoms with Crippen molar-refractivity contribution in [3.8, 4) is 10.4 Å². The van der Waals surface area contributed by atoms with Crippen LogP contribution >= 0.6 is 22.7 Å². The van der Waals surface area contributed by atoms with Crippen LogP contribution in [0.5, 0.6) is 0 Å². The minimum Gasteiger partial charge on any atom is -0.481 e. The molecule has 0 unspecified atom stereocenters. The lowest BCUT2D eigenvalue weighted by Crippen LogP contribution is -2.12. The number of alkyl halides is 3. The van der Waals surface area contributed by atoms with Gasteiger partial charge in [-0.3, -0.25) is 4.79 Å². The van der Waals surface area contributed by atoms with Crippen LogP contribution < -0.4 is 5.32 Å². The maximum absolute atomic E-state index is 13.4. The number of halogens is 3. The van der Waals surface area contributed by atoms with E-state index in [0.29, 0.717) is 25.8 Å². The molecular formula is C17H15F3N4O4S3. The molecule has 8 nitrogen and oxygen atoms in total. The van der Waals surface area contributed by atoms with Gasteiger partial charge in [-0.2, -0.15) is 13.2 Å². The first-order valence-electron chi connectivity index (χ1n) is 8.55. The molecule has 0 aliphatic carbocycles. The van der Waals surface area contributed by atoms with Crippen molar-refractivity contribution in [2.45, 2.75) is 30.8 Å². The van der Waals surface area contributed by atoms with Gasteiger partial charge < -0.3 is 10.4 Å². The molecule has 3 rings (SSSR count). The predicted octanol–water partition coefficient (Wildman–Crippen LogP) is 4.15. The van der Waals surface area contributed by atoms with Crippen LogP contribution in [0.1, 0.15) is 22.7 Å². The first-order valence-corrected chi connectivity index (χ1v) is 12.1. The number of carboxylic acids is 1. The Morgan fingerprint density at radius 1 is 1.19 bits per heavy atom. The number of sulfone groups is 1. The van der Waals surface area contributed by atoms with E-state index in [1.54, 1.807) is 6.92 Å². The maximum atomic E-state index is 13.4. The quantitative estimate of drug-likeness (QED) is 0.504. The summed E-state index contributed by atoms with van der Waals surface area (Å²) in [6, 6.07) is 3.06. The Bertz CT molecular complexity index is 1240. The third-order valence-electron chi connectivity index (χ3n) is 3.98. The second kappa shape index (κ2) is 8.51. The van der Waals surface area contributed by atoms with E-state index in [2.05, 4.69) is 20.5 Å². The summed E-state index contributed by atoms with van der Waals surface area (Å²) in [5, 5.41) is 20.6. The van der Waals surface area contributed by atoms with Crippen LogP contribution in [-0.4, -0.2) is 40.9 Å². The Kier molecular flexibility index (Phi) is 6.34. The molecule has 0 atom stereocenters. The number of nitrogens with one attached hydrogen (secondary N) is 1. The summed E-state index contributed by atoms with van der Waals surface area (Å²) in [4.78, 5) is 14.6. The number of thiazole rings is 1. The smallest absolute Gasteiger partial charge is 0.417 e. The number of rotatable bonds is 7. The second-order valence-electron chi connectivity index (χ2n) is 6.43. The minimum atomic E-state index is -4.84. The molecule has 0 fully saturated rings. The number of aliphatic carboxylic acids is 1. The summed E-state index contributed by atoms with van der Waals surface area (Å²) in [6.45, 7) is 1.62. The summed E-state index contributed by atoms with van der Waals surface area (Å²) >= 11 is 2.22. The Morgan fingerprint density at radius 3 is 2.52 bits per heavy atom. The number of benzene rings is 1. The summed E-state index contributed by atoms with van der Waals surface area (Å²) in [6.07, 6.45) is -3.97. The number of carbonyl (C=O) groups is 1. The number of hydrogen-bond acceptors (Lipinski definition) is 9. The number of carboxylic acid groups (broad SMARTS) is 1. The van der Waals surface area contributed by atoms with Crippen LogP contribution in [0.25, 0.3) is 10.4 Å². The zero-order valence-corrected chi connectivity index (χ0v) is 18.5. The highest BCUT2D eigenvalue weighted by atomic mass is 32.2. The predicted molar refractivity (Wildman–Crippen MR) is 110 cm³/mol. The van der Waals surface area contributed by atoms with E-state index in [9.17, 15) is 26.4 Å². The highest BCUT2D eigenvalue weighted by Gasteiger charge is 2.36. The fourth-order valence-electron chi connectivity index (χ4n) is 2.64. The second-order valence-corrected chi connectivity index (χ2v) is 10.5. The molecule has 0 saturated carbocycles. The lowest BCUT2D eigenvalue weighted by atomic mass is 10.1. The van der Waals surface area contributed by atoms with Gasteiger partial charge in [0.1, 0.15) is 5.01 Å². The highest BCUT2D eigenvalue weighted by molar-refractivity contribution is 7.90. The highest BCUT2D eigenvalue weighted by Crippen LogP contribution is 2.40. The monoisotopic (exact) mass is 492 g/mol. The van der Waals surface area contributed by atoms with Gasteiger partial charge in [0.15, 0.2) is 15.0 Å². The Labute approximate surface area is 182 Å². The van der Waals surface area contributed by atoms with Gasteiger partial charge in [0.25, 0.3) is 0 Å². The van der Waals surface area contributed by atoms with Gasteiger partial charge >= 0.3 is 12.1 Å². The van der Waals surface area contributed by atoms with E-state index in [1.165, 1.54) is 6.07 Å². The van der Waals surface area contributed by atoms with Crippen molar-refractivity contribution in [1.82, 2.24) is 15.2 Å². The number of nitrogens with zero attached hydrogens (tertiary/aromatic N) is 3. The van der Waals surface area contributed by atoms with Crippen LogP contribution in [0.4, 0.5) is 23.4 Å². The molecule has 0 radical (unpaired) electrons. The first kappa shape index (κ1) is 23.1. The molecule has 0 bridgehead atoms. The normalized spacial score (nSPS) is 12.2. The lowest BCUT2D eigenvalue weighted by Gasteiger charge is -2.13. The fourth-order valence-corrected chi connectivity index (χ4v) is 5.30. The fraction of sp³-hybridized carbons (Fsp3) is 0.294. The minimum absolute atomic E-state index is 0.0832. The molecule has 166 valence electrons. The molecule has 31 heavy (non-hydrogen) atoms. The largest absolute Gasteiger partial charge is 0.481 e. The Hall–Kier alpha value is -2.58. The van der Waals surface area contributed by atoms with Crippen molar-refractivity contribution in [2.24, 2.45) is 0 Å². The number of hydrogen-bond donors (Lipinski definition) is 2. The van der Waals surface area contributed by atoms with E-state index < -0.39 is 32.4 Å². The number of aromatic nitrogens is 3. The van der Waals surface area contributed by atoms with Gasteiger partial charge in [-0.05, 0) is 24.6 Å². The van der Waals surface area contributed by atoms with Gasteiger partial charge in [0.05, 0.1) is 27.5 Å². The summed E-state index contributed by atoms with van der Waals surface area (Å²) in [7, 11) is -4.06. The summed E-state index contributed by atoms with van der Waals surface area (Å²) in [5.41, 5.74) is -0.604. The van der Waals surface area contributed by atoms with E-state index in [4.69, 9.17) is 5.11 Å². The molecule has 0 aliphatic rings. The molecule has 0 saturated heterocycles. The molecule has 2 aromatic heterocycles. The van der Waals surface area contributed by atoms with Crippen molar-refractivity contribution < 1.29 is 31.5 Å². The third kappa shape index (κ3) is 5.57. The summed E-state index contributed by atoms with van der Waals surface area (Å²) in [5.74, 6) is -0.954. The van der Waals surface area contributed by atoms with E-state index in [-0.39, 0.29) is 18.4 Å². The van der Waals surface area contributed by atoms with Gasteiger partial charge in [-0.1, -0.05) is 28.7 Å². The van der Waals surface area contributed by atoms with Crippen LogP contribution in [0.2, 0.25) is 0 Å². The molecule has 2 heterocycles. The van der Waals surface area contributed by atoms with Crippen LogP contribution in [0.15, 0.2) is 23.1 Å². The molecule has 1 aromatic carbocycles. The Balaban J connectivity index is 1.90. The Morgan fingerprint density at radius 2 is 1.90 bits per heavy atom. The van der Waals surface area contributed by atoms with Gasteiger partial charge in [-0.25, -0.2) is 13.4 Å². The van der Waals surface area contributed by atoms with E-state index in [0.717, 1.165) is 41.1 Å². The molecule has 0 amide bonds. The topological polar surface area (TPSA) is 122 Å². The van der Waals surface area contributed by atoms with Crippen molar-refractivity contribution >= 4 is 48.7 Å². The third-order valence-corrected chi connectivity index (χ3v) is 7.15. The molecule has 3 aromatic rings. The van der Waals surface area contributed by atoms with Crippen molar-refractivity contribution in [2.75, 3.05) is 11.6 Å². The molecule has 0 aliphatic heterocycles. The van der Waals surface area contributed by atoms with Crippen LogP contribution in [0.3, 0.4) is 0 Å². The van der Waals surface area contributed by atoms with E-state index in [1.807, 2.05) is 0 Å². The number of aryl methyl sites for hydroxylation is 2. The zero-order valence-electron chi connectivity index (χ0n) is 16.0. The number of anilines is 2. The van der Waals surface area contributed by atoms with Gasteiger partial charge in [-0.15, -0.1) is 10.2 Å². The maximum Gasteiger partial charge on any atom is 0.417 e. The summed E-state index contributed by atoms with van der Waals surface area (Å²) < 4.78 is 63.8. The standard InChI is InChI=1S/C17H15F3N4O4S3/c1-8-14(9-3-4-11(31(2,27)28)10(7-9)17(18,19)20)30-15(21-8)22-16-24-23-12(29-16)5-6-13(25)26/h3-4,7H,5-6H2,1-2H3,(H,25,26)(H,21,22,24). The first-order chi connectivity index (χ1) is 14.3. The zero-order chi connectivity index (χ0) is 23.0. The van der Waals surface area contributed by atoms with Crippen molar-refractivity contribution in [1.29, 1.82) is 0 Å². The molecule has 2 N–H and O–H groups in total. The SMILES string of the molecule is Cc1nc(Nc2nnc(CCC(=O)O)s2)sc1-c1ccc(S(C)(=O)=O)c(C(F)(F)F)c1. The van der Waals surface area contributed by atoms with Crippen LogP contribution in [-0.2, 0) is 27.2 Å². The van der Waals surface area contributed by atoms with Crippen molar-refractivity contribution in [3.63, 3.8) is 0 Å². The van der Waals surface area contributed by atoms with Crippen LogP contribution in [0, 0.1) is 6.92 Å². The molecule has 0 spiro atoms. The average molecular weight is 493 g/mol. The van der Waals surface area contributed by atoms with Gasteiger partial charge in [0, 0.05) is 12.7 Å². The molecular weight excluding hydrogens is 477 g/mol. The lowest BCUT2D eigenvalue weighted by molar-refractivity contribution is -0.140. The van der Waals surface area contributed by atoms with Gasteiger partial charge in [0.2, 0.25) is 5.13 Å². The van der Waals surface area contributed by atoms with Crippen molar-refractivity contribution in [3.05, 3.63) is 34.5 Å². The van der Waals surface area contributed by atoms with E-state index >= 15 is 0 Å². The average Bonchev–Trinajstić information content (AvgIpc) is 3.24.